The predicted molar refractivity (Wildman–Crippen MR) is 60.3 cm³/mol. The lowest BCUT2D eigenvalue weighted by Gasteiger charge is -2.32. The summed E-state index contributed by atoms with van der Waals surface area (Å²) in [6.07, 6.45) is 1.48. The lowest BCUT2D eigenvalue weighted by atomic mass is 10.1. The van der Waals surface area contributed by atoms with Gasteiger partial charge in [0.1, 0.15) is 0 Å². The number of nitrogens with zero attached hydrogens (tertiary/aromatic N) is 2. The maximum absolute atomic E-state index is 11.7. The number of piperazine rings is 1. The molecule has 1 aliphatic heterocycles. The molecule has 0 spiro atoms. The first kappa shape index (κ1) is 13.5. The van der Waals surface area contributed by atoms with Gasteiger partial charge in [-0.1, -0.05) is 0 Å². The smallest absolute Gasteiger partial charge is 0.303 e. The van der Waals surface area contributed by atoms with Gasteiger partial charge >= 0.3 is 5.97 Å². The summed E-state index contributed by atoms with van der Waals surface area (Å²) in [7, 11) is 1.72. The van der Waals surface area contributed by atoms with Crippen molar-refractivity contribution < 1.29 is 19.5 Å². The first-order valence-electron chi connectivity index (χ1n) is 5.74. The summed E-state index contributed by atoms with van der Waals surface area (Å²) in [6, 6.07) is 0. The SMILES string of the molecule is CN1CCN(C(=O)CCCCC(=O)O)CC1=O. The Kier molecular flexibility index (Phi) is 4.93. The first-order chi connectivity index (χ1) is 8.00. The Labute approximate surface area is 100 Å². The van der Waals surface area contributed by atoms with E-state index in [4.69, 9.17) is 5.11 Å². The number of amides is 2. The Morgan fingerprint density at radius 3 is 2.47 bits per heavy atom. The van der Waals surface area contributed by atoms with Crippen molar-refractivity contribution in [1.82, 2.24) is 9.80 Å². The quantitative estimate of drug-likeness (QED) is 0.685. The van der Waals surface area contributed by atoms with Crippen molar-refractivity contribution in [3.8, 4) is 0 Å². The van der Waals surface area contributed by atoms with Gasteiger partial charge in [-0.3, -0.25) is 14.4 Å². The van der Waals surface area contributed by atoms with Crippen LogP contribution in [0.25, 0.3) is 0 Å². The fraction of sp³-hybridized carbons (Fsp3) is 0.727. The van der Waals surface area contributed by atoms with Crippen LogP contribution < -0.4 is 0 Å². The zero-order valence-electron chi connectivity index (χ0n) is 10.0. The summed E-state index contributed by atoms with van der Waals surface area (Å²) in [6.45, 7) is 1.29. The second-order valence-electron chi connectivity index (χ2n) is 4.23. The summed E-state index contributed by atoms with van der Waals surface area (Å²) in [5, 5.41) is 8.45. The summed E-state index contributed by atoms with van der Waals surface area (Å²) < 4.78 is 0. The van der Waals surface area contributed by atoms with Crippen molar-refractivity contribution in [3.63, 3.8) is 0 Å². The molecule has 1 fully saturated rings. The normalized spacial score (nSPS) is 16.2. The molecule has 1 N–H and O–H groups in total. The van der Waals surface area contributed by atoms with Gasteiger partial charge < -0.3 is 14.9 Å². The van der Waals surface area contributed by atoms with Crippen molar-refractivity contribution in [2.75, 3.05) is 26.7 Å². The van der Waals surface area contributed by atoms with Crippen molar-refractivity contribution in [2.45, 2.75) is 25.7 Å². The van der Waals surface area contributed by atoms with E-state index in [-0.39, 0.29) is 24.8 Å². The lowest BCUT2D eigenvalue weighted by Crippen LogP contribution is -2.50. The van der Waals surface area contributed by atoms with E-state index in [0.29, 0.717) is 32.4 Å². The number of hydrogen-bond donors (Lipinski definition) is 1. The maximum Gasteiger partial charge on any atom is 0.303 e. The third kappa shape index (κ3) is 4.42. The van der Waals surface area contributed by atoms with Crippen LogP contribution in [0.1, 0.15) is 25.7 Å². The fourth-order valence-electron chi connectivity index (χ4n) is 1.68. The van der Waals surface area contributed by atoms with Crippen LogP contribution in [-0.2, 0) is 14.4 Å². The van der Waals surface area contributed by atoms with Gasteiger partial charge in [-0.25, -0.2) is 0 Å². The van der Waals surface area contributed by atoms with Gasteiger partial charge in [0.2, 0.25) is 11.8 Å². The molecule has 6 heteroatoms. The van der Waals surface area contributed by atoms with E-state index in [2.05, 4.69) is 0 Å². The van der Waals surface area contributed by atoms with Crippen LogP contribution in [0.4, 0.5) is 0 Å². The lowest BCUT2D eigenvalue weighted by molar-refractivity contribution is -0.144. The molecular weight excluding hydrogens is 224 g/mol. The first-order valence-corrected chi connectivity index (χ1v) is 5.74. The topological polar surface area (TPSA) is 77.9 Å². The summed E-state index contributed by atoms with van der Waals surface area (Å²) in [5.74, 6) is -0.945. The zero-order chi connectivity index (χ0) is 12.8. The van der Waals surface area contributed by atoms with Crippen LogP contribution >= 0.6 is 0 Å². The Hall–Kier alpha value is -1.59. The largest absolute Gasteiger partial charge is 0.481 e. The van der Waals surface area contributed by atoms with E-state index in [0.717, 1.165) is 0 Å². The maximum atomic E-state index is 11.7. The van der Waals surface area contributed by atoms with Crippen molar-refractivity contribution in [1.29, 1.82) is 0 Å². The average molecular weight is 242 g/mol. The molecule has 2 amide bonds. The number of unbranched alkanes of at least 4 members (excludes halogenated alkanes) is 1. The second-order valence-corrected chi connectivity index (χ2v) is 4.23. The minimum atomic E-state index is -0.841. The molecule has 0 atom stereocenters. The monoisotopic (exact) mass is 242 g/mol. The van der Waals surface area contributed by atoms with Crippen LogP contribution in [0.15, 0.2) is 0 Å². The van der Waals surface area contributed by atoms with Gasteiger partial charge in [0.05, 0.1) is 6.54 Å². The molecule has 0 radical (unpaired) electrons. The van der Waals surface area contributed by atoms with Crippen molar-refractivity contribution in [2.24, 2.45) is 0 Å². The highest BCUT2D eigenvalue weighted by molar-refractivity contribution is 5.85. The van der Waals surface area contributed by atoms with Gasteiger partial charge in [0, 0.05) is 33.0 Å². The van der Waals surface area contributed by atoms with Gasteiger partial charge in [-0.2, -0.15) is 0 Å². The molecule has 17 heavy (non-hydrogen) atoms. The van der Waals surface area contributed by atoms with Crippen molar-refractivity contribution in [3.05, 3.63) is 0 Å². The number of hydrogen-bond acceptors (Lipinski definition) is 3. The molecule has 0 bridgehead atoms. The van der Waals surface area contributed by atoms with E-state index in [9.17, 15) is 14.4 Å². The van der Waals surface area contributed by atoms with E-state index in [1.807, 2.05) is 0 Å². The molecule has 0 aromatic heterocycles. The molecule has 1 heterocycles. The molecule has 0 aromatic rings. The molecule has 1 aliphatic rings. The number of carboxylic acids is 1. The third-order valence-corrected chi connectivity index (χ3v) is 2.84. The predicted octanol–water partition coefficient (Wildman–Crippen LogP) is -0.0680. The molecule has 0 saturated carbocycles. The van der Waals surface area contributed by atoms with Gasteiger partial charge in [-0.15, -0.1) is 0 Å². The molecular formula is C11H18N2O4. The molecule has 0 aliphatic carbocycles. The minimum absolute atomic E-state index is 0.0462. The highest BCUT2D eigenvalue weighted by atomic mass is 16.4. The van der Waals surface area contributed by atoms with Crippen LogP contribution in [-0.4, -0.2) is 59.4 Å². The molecule has 0 aromatic carbocycles. The van der Waals surface area contributed by atoms with E-state index in [1.165, 1.54) is 0 Å². The van der Waals surface area contributed by atoms with Gasteiger partial charge in [-0.05, 0) is 12.8 Å². The van der Waals surface area contributed by atoms with Crippen LogP contribution in [0.2, 0.25) is 0 Å². The number of likely N-dealkylation sites (N-methyl/N-ethyl adjacent to an activating group) is 1. The van der Waals surface area contributed by atoms with Gasteiger partial charge in [0.15, 0.2) is 0 Å². The van der Waals surface area contributed by atoms with E-state index in [1.54, 1.807) is 16.8 Å². The summed E-state index contributed by atoms with van der Waals surface area (Å²) >= 11 is 0. The Bertz CT molecular complexity index is 317. The number of carbonyl (C=O) groups is 3. The minimum Gasteiger partial charge on any atom is -0.481 e. The Balaban J connectivity index is 2.24. The highest BCUT2D eigenvalue weighted by Crippen LogP contribution is 2.07. The molecule has 1 rings (SSSR count). The number of carboxylic acid groups (broad SMARTS) is 1. The molecule has 1 saturated heterocycles. The average Bonchev–Trinajstić information content (AvgIpc) is 2.27. The fourth-order valence-corrected chi connectivity index (χ4v) is 1.68. The van der Waals surface area contributed by atoms with Crippen LogP contribution in [0.3, 0.4) is 0 Å². The standard InChI is InChI=1S/C11H18N2O4/c1-12-6-7-13(8-10(12)15)9(14)4-2-3-5-11(16)17/h2-8H2,1H3,(H,16,17). The van der Waals surface area contributed by atoms with E-state index < -0.39 is 5.97 Å². The summed E-state index contributed by atoms with van der Waals surface area (Å²) in [4.78, 5) is 36.5. The van der Waals surface area contributed by atoms with E-state index >= 15 is 0 Å². The van der Waals surface area contributed by atoms with Crippen LogP contribution in [0.5, 0.6) is 0 Å². The Morgan fingerprint density at radius 1 is 1.24 bits per heavy atom. The number of aliphatic carboxylic acids is 1. The zero-order valence-corrected chi connectivity index (χ0v) is 10.0. The second kappa shape index (κ2) is 6.22. The molecule has 0 unspecified atom stereocenters. The summed E-state index contributed by atoms with van der Waals surface area (Å²) in [5.41, 5.74) is 0. The highest BCUT2D eigenvalue weighted by Gasteiger charge is 2.24. The molecule has 96 valence electrons. The number of carbonyl (C=O) groups excluding carboxylic acids is 2. The van der Waals surface area contributed by atoms with Gasteiger partial charge in [0.25, 0.3) is 0 Å². The van der Waals surface area contributed by atoms with Crippen LogP contribution in [0, 0.1) is 0 Å². The Morgan fingerprint density at radius 2 is 1.88 bits per heavy atom. The van der Waals surface area contributed by atoms with Crippen molar-refractivity contribution >= 4 is 17.8 Å². The third-order valence-electron chi connectivity index (χ3n) is 2.84. The molecule has 6 nitrogen and oxygen atoms in total. The number of rotatable bonds is 5.